The van der Waals surface area contributed by atoms with E-state index in [-0.39, 0.29) is 5.66 Å². The molecule has 1 saturated carbocycles. The number of rotatable bonds is 2. The molecule has 0 radical (unpaired) electrons. The van der Waals surface area contributed by atoms with Gasteiger partial charge in [-0.15, -0.1) is 0 Å². The molecule has 2 aromatic rings. The van der Waals surface area contributed by atoms with Gasteiger partial charge < -0.3 is 20.4 Å². The van der Waals surface area contributed by atoms with Gasteiger partial charge in [-0.2, -0.15) is 5.26 Å². The second kappa shape index (κ2) is 7.99. The lowest BCUT2D eigenvalue weighted by atomic mass is 9.87. The first-order chi connectivity index (χ1) is 15.8. The SMILES string of the molecule is N#Cc1c(N2CCCCC2)nc2c3c(nc(N4CCCCC4)cc13)NC1(CCCCC1)N2. The Morgan fingerprint density at radius 1 is 0.781 bits per heavy atom. The molecule has 7 heteroatoms. The third-order valence-electron chi connectivity index (χ3n) is 7.82. The molecule has 32 heavy (non-hydrogen) atoms. The van der Waals surface area contributed by atoms with Crippen LogP contribution in [0, 0.1) is 11.3 Å². The van der Waals surface area contributed by atoms with Crippen molar-refractivity contribution in [3.63, 3.8) is 0 Å². The van der Waals surface area contributed by atoms with Gasteiger partial charge in [0, 0.05) is 31.6 Å². The fourth-order valence-corrected chi connectivity index (χ4v) is 6.11. The van der Waals surface area contributed by atoms with Gasteiger partial charge in [0.05, 0.1) is 5.39 Å². The molecule has 0 aromatic carbocycles. The Balaban J connectivity index is 1.55. The van der Waals surface area contributed by atoms with Crippen molar-refractivity contribution in [3.8, 4) is 6.07 Å². The number of nitrogens with zero attached hydrogens (tertiary/aromatic N) is 5. The summed E-state index contributed by atoms with van der Waals surface area (Å²) in [6.45, 7) is 4.04. The summed E-state index contributed by atoms with van der Waals surface area (Å²) in [6.07, 6.45) is 13.1. The van der Waals surface area contributed by atoms with Gasteiger partial charge in [-0.1, -0.05) is 6.42 Å². The zero-order valence-corrected chi connectivity index (χ0v) is 18.9. The minimum absolute atomic E-state index is 0.175. The molecule has 5 heterocycles. The van der Waals surface area contributed by atoms with Gasteiger partial charge in [0.2, 0.25) is 0 Å². The molecule has 0 unspecified atom stereocenters. The highest BCUT2D eigenvalue weighted by atomic mass is 15.3. The van der Waals surface area contributed by atoms with Crippen LogP contribution >= 0.6 is 0 Å². The summed E-state index contributed by atoms with van der Waals surface area (Å²) in [5.74, 6) is 3.68. The van der Waals surface area contributed by atoms with Crippen molar-refractivity contribution in [2.24, 2.45) is 0 Å². The Hall–Kier alpha value is -2.75. The van der Waals surface area contributed by atoms with Gasteiger partial charge >= 0.3 is 0 Å². The van der Waals surface area contributed by atoms with Gasteiger partial charge in [-0.05, 0) is 70.3 Å². The fourth-order valence-electron chi connectivity index (χ4n) is 6.11. The zero-order valence-electron chi connectivity index (χ0n) is 18.9. The first-order valence-electron chi connectivity index (χ1n) is 12.6. The first-order valence-corrected chi connectivity index (χ1v) is 12.6. The van der Waals surface area contributed by atoms with Crippen LogP contribution in [0.2, 0.25) is 0 Å². The molecule has 3 aliphatic heterocycles. The molecule has 6 rings (SSSR count). The maximum atomic E-state index is 10.3. The van der Waals surface area contributed by atoms with Crippen LogP contribution in [0.4, 0.5) is 23.3 Å². The summed E-state index contributed by atoms with van der Waals surface area (Å²) in [6, 6.07) is 4.69. The van der Waals surface area contributed by atoms with E-state index in [1.54, 1.807) is 0 Å². The largest absolute Gasteiger partial charge is 0.357 e. The number of piperidine rings is 2. The highest BCUT2D eigenvalue weighted by molar-refractivity contribution is 6.07. The van der Waals surface area contributed by atoms with Crippen LogP contribution in [0.3, 0.4) is 0 Å². The number of nitriles is 1. The van der Waals surface area contributed by atoms with E-state index >= 15 is 0 Å². The van der Waals surface area contributed by atoms with Gasteiger partial charge in [0.25, 0.3) is 0 Å². The second-order valence-electron chi connectivity index (χ2n) is 10.0. The Morgan fingerprint density at radius 3 is 2.03 bits per heavy atom. The number of anilines is 4. The average molecular weight is 432 g/mol. The summed E-state index contributed by atoms with van der Waals surface area (Å²) >= 11 is 0. The predicted molar refractivity (Wildman–Crippen MR) is 129 cm³/mol. The molecule has 2 saturated heterocycles. The lowest BCUT2D eigenvalue weighted by molar-refractivity contribution is 0.356. The third-order valence-corrected chi connectivity index (χ3v) is 7.82. The molecule has 7 nitrogen and oxygen atoms in total. The molecule has 168 valence electrons. The molecule has 3 fully saturated rings. The normalized spacial score (nSPS) is 22.3. The van der Waals surface area contributed by atoms with Gasteiger partial charge in [0.1, 0.15) is 40.6 Å². The van der Waals surface area contributed by atoms with Crippen molar-refractivity contribution in [3.05, 3.63) is 11.6 Å². The van der Waals surface area contributed by atoms with E-state index in [2.05, 4.69) is 32.6 Å². The minimum Gasteiger partial charge on any atom is -0.357 e. The van der Waals surface area contributed by atoms with Crippen LogP contribution in [0.15, 0.2) is 6.07 Å². The molecular formula is C25H33N7. The van der Waals surface area contributed by atoms with Gasteiger partial charge in [-0.3, -0.25) is 0 Å². The summed E-state index contributed by atoms with van der Waals surface area (Å²) in [4.78, 5) is 15.0. The summed E-state index contributed by atoms with van der Waals surface area (Å²) in [5, 5.41) is 19.8. The van der Waals surface area contributed by atoms with E-state index in [1.165, 1.54) is 57.8 Å². The lowest BCUT2D eigenvalue weighted by Gasteiger charge is -2.43. The first kappa shape index (κ1) is 19.9. The molecule has 4 aliphatic rings. The maximum Gasteiger partial charge on any atom is 0.149 e. The number of nitrogens with one attached hydrogen (secondary N) is 2. The van der Waals surface area contributed by atoms with Crippen LogP contribution in [0.5, 0.6) is 0 Å². The van der Waals surface area contributed by atoms with E-state index < -0.39 is 0 Å². The fraction of sp³-hybridized carbons (Fsp3) is 0.640. The third kappa shape index (κ3) is 3.32. The van der Waals surface area contributed by atoms with Crippen LogP contribution in [-0.2, 0) is 0 Å². The van der Waals surface area contributed by atoms with E-state index in [0.29, 0.717) is 5.56 Å². The molecule has 0 amide bonds. The standard InChI is InChI=1S/C25H33N7/c26-17-19-18-16-20(31-12-6-2-7-13-31)27-22-21(18)23(28-24(19)32-14-8-3-9-15-32)30-25(29-22)10-4-1-5-11-25/h16H,1-15H2,(H,27,29)(H,28,30). The zero-order chi connectivity index (χ0) is 21.5. The molecule has 2 N–H and O–H groups in total. The van der Waals surface area contributed by atoms with Gasteiger partial charge in [-0.25, -0.2) is 9.97 Å². The number of pyridine rings is 2. The topological polar surface area (TPSA) is 80.1 Å². The van der Waals surface area contributed by atoms with Gasteiger partial charge in [0.15, 0.2) is 0 Å². The number of aromatic nitrogens is 2. The summed E-state index contributed by atoms with van der Waals surface area (Å²) in [5.41, 5.74) is 0.530. The van der Waals surface area contributed by atoms with Crippen LogP contribution in [0.25, 0.3) is 10.8 Å². The summed E-state index contributed by atoms with van der Waals surface area (Å²) < 4.78 is 0. The molecule has 2 aromatic heterocycles. The summed E-state index contributed by atoms with van der Waals surface area (Å²) in [7, 11) is 0. The van der Waals surface area contributed by atoms with Crippen molar-refractivity contribution in [2.75, 3.05) is 46.6 Å². The number of hydrogen-bond donors (Lipinski definition) is 2. The van der Waals surface area contributed by atoms with Crippen molar-refractivity contribution in [2.45, 2.75) is 76.3 Å². The maximum absolute atomic E-state index is 10.3. The van der Waals surface area contributed by atoms with Crippen molar-refractivity contribution >= 4 is 34.0 Å². The van der Waals surface area contributed by atoms with E-state index in [0.717, 1.165) is 73.1 Å². The van der Waals surface area contributed by atoms with Crippen LogP contribution in [0.1, 0.15) is 76.2 Å². The monoisotopic (exact) mass is 431 g/mol. The highest BCUT2D eigenvalue weighted by Crippen LogP contribution is 2.45. The molecular weight excluding hydrogens is 398 g/mol. The van der Waals surface area contributed by atoms with Crippen molar-refractivity contribution in [1.29, 1.82) is 5.26 Å². The van der Waals surface area contributed by atoms with E-state index in [9.17, 15) is 5.26 Å². The Kier molecular flexibility index (Phi) is 4.97. The molecule has 0 atom stereocenters. The van der Waals surface area contributed by atoms with Crippen molar-refractivity contribution in [1.82, 2.24) is 9.97 Å². The Bertz CT molecular complexity index is 1040. The molecule has 0 bridgehead atoms. The predicted octanol–water partition coefficient (Wildman–Crippen LogP) is 4.98. The van der Waals surface area contributed by atoms with Crippen LogP contribution < -0.4 is 20.4 Å². The molecule has 1 spiro atoms. The van der Waals surface area contributed by atoms with Crippen molar-refractivity contribution < 1.29 is 0 Å². The average Bonchev–Trinajstić information content (AvgIpc) is 2.85. The van der Waals surface area contributed by atoms with Crippen LogP contribution in [-0.4, -0.2) is 41.8 Å². The highest BCUT2D eigenvalue weighted by Gasteiger charge is 2.38. The lowest BCUT2D eigenvalue weighted by Crippen LogP contribution is -2.50. The van der Waals surface area contributed by atoms with E-state index in [4.69, 9.17) is 9.97 Å². The quantitative estimate of drug-likeness (QED) is 0.694. The smallest absolute Gasteiger partial charge is 0.149 e. The minimum atomic E-state index is -0.175. The molecule has 1 aliphatic carbocycles. The Morgan fingerprint density at radius 2 is 1.38 bits per heavy atom. The number of hydrogen-bond acceptors (Lipinski definition) is 7. The van der Waals surface area contributed by atoms with E-state index in [1.807, 2.05) is 0 Å². The second-order valence-corrected chi connectivity index (χ2v) is 10.0. The Labute approximate surface area is 190 Å².